The third-order valence-corrected chi connectivity index (χ3v) is 3.40. The molecule has 5 nitrogen and oxygen atoms in total. The van der Waals surface area contributed by atoms with Crippen molar-refractivity contribution in [2.75, 3.05) is 0 Å². The highest BCUT2D eigenvalue weighted by molar-refractivity contribution is 7.86. The van der Waals surface area contributed by atoms with Crippen molar-refractivity contribution in [1.29, 1.82) is 0 Å². The van der Waals surface area contributed by atoms with E-state index in [1.165, 1.54) is 0 Å². The third kappa shape index (κ3) is 3.19. The standard InChI is InChI=1S/C7H3F5O5S2/c8-3-2(1-18(12,13)14)4(9)6(11)7(5(3)10)19(15,16)17/h1H2,(H,15,16,17). The SMILES string of the molecule is O=S(=O)(F)Cc1c(F)c(F)c(S(=O)(=O)O)c(F)c1F. The zero-order valence-electron chi connectivity index (χ0n) is 8.49. The second-order valence-electron chi connectivity index (χ2n) is 3.22. The molecular weight excluding hydrogens is 323 g/mol. The van der Waals surface area contributed by atoms with Gasteiger partial charge < -0.3 is 0 Å². The summed E-state index contributed by atoms with van der Waals surface area (Å²) in [5.74, 6) is -12.0. The van der Waals surface area contributed by atoms with Gasteiger partial charge in [0.15, 0.2) is 28.2 Å². The minimum atomic E-state index is -5.64. The molecule has 0 amide bonds. The van der Waals surface area contributed by atoms with Crippen LogP contribution in [0.3, 0.4) is 0 Å². The van der Waals surface area contributed by atoms with Crippen LogP contribution in [0, 0.1) is 23.3 Å². The van der Waals surface area contributed by atoms with Crippen LogP contribution in [0.1, 0.15) is 5.56 Å². The van der Waals surface area contributed by atoms with E-state index in [0.717, 1.165) is 0 Å². The van der Waals surface area contributed by atoms with E-state index in [1.807, 2.05) is 0 Å². The second-order valence-corrected chi connectivity index (χ2v) is 5.95. The molecule has 0 saturated heterocycles. The van der Waals surface area contributed by atoms with Crippen LogP contribution in [0.2, 0.25) is 0 Å². The molecule has 1 aromatic carbocycles. The summed E-state index contributed by atoms with van der Waals surface area (Å²) in [4.78, 5) is -2.33. The summed E-state index contributed by atoms with van der Waals surface area (Å²) in [6.07, 6.45) is 0. The molecule has 0 aliphatic rings. The van der Waals surface area contributed by atoms with Gasteiger partial charge in [-0.2, -0.15) is 16.8 Å². The van der Waals surface area contributed by atoms with Crippen molar-refractivity contribution < 1.29 is 42.8 Å². The topological polar surface area (TPSA) is 88.5 Å². The van der Waals surface area contributed by atoms with Gasteiger partial charge in [0.1, 0.15) is 5.75 Å². The Bertz CT molecular complexity index is 711. The van der Waals surface area contributed by atoms with Gasteiger partial charge in [-0.05, 0) is 0 Å². The molecule has 1 N–H and O–H groups in total. The number of halogens is 5. The molecule has 19 heavy (non-hydrogen) atoms. The molecule has 12 heteroatoms. The molecule has 0 aromatic heterocycles. The lowest BCUT2D eigenvalue weighted by Gasteiger charge is -2.08. The summed E-state index contributed by atoms with van der Waals surface area (Å²) >= 11 is 0. The van der Waals surface area contributed by atoms with E-state index >= 15 is 0 Å². The van der Waals surface area contributed by atoms with E-state index in [0.29, 0.717) is 0 Å². The van der Waals surface area contributed by atoms with E-state index in [9.17, 15) is 38.3 Å². The normalized spacial score (nSPS) is 12.7. The monoisotopic (exact) mass is 326 g/mol. The molecular formula is C7H3F5O5S2. The predicted octanol–water partition coefficient (Wildman–Crippen LogP) is 1.29. The zero-order chi connectivity index (χ0) is 15.2. The molecule has 0 aliphatic heterocycles. The fourth-order valence-corrected chi connectivity index (χ4v) is 2.41. The summed E-state index contributed by atoms with van der Waals surface area (Å²) in [7, 11) is -11.2. The fraction of sp³-hybridized carbons (Fsp3) is 0.143. The summed E-state index contributed by atoms with van der Waals surface area (Å²) in [6.45, 7) is 0. The minimum Gasteiger partial charge on any atom is -0.282 e. The molecule has 0 atom stereocenters. The lowest BCUT2D eigenvalue weighted by molar-refractivity contribution is 0.396. The number of benzene rings is 1. The Balaban J connectivity index is 3.77. The van der Waals surface area contributed by atoms with Crippen molar-refractivity contribution in [2.45, 2.75) is 10.6 Å². The van der Waals surface area contributed by atoms with E-state index in [1.54, 1.807) is 0 Å². The smallest absolute Gasteiger partial charge is 0.282 e. The Hall–Kier alpha value is -1.27. The van der Waals surface area contributed by atoms with Gasteiger partial charge in [-0.15, -0.1) is 3.89 Å². The largest absolute Gasteiger partial charge is 0.306 e. The Kier molecular flexibility index (Phi) is 3.89. The van der Waals surface area contributed by atoms with Gasteiger partial charge in [0.2, 0.25) is 0 Å². The van der Waals surface area contributed by atoms with Gasteiger partial charge in [-0.1, -0.05) is 0 Å². The van der Waals surface area contributed by atoms with Crippen LogP contribution in [-0.2, 0) is 26.1 Å². The molecule has 1 aromatic rings. The van der Waals surface area contributed by atoms with Crippen molar-refractivity contribution in [3.63, 3.8) is 0 Å². The highest BCUT2D eigenvalue weighted by Gasteiger charge is 2.33. The van der Waals surface area contributed by atoms with Crippen molar-refractivity contribution in [2.24, 2.45) is 0 Å². The fourth-order valence-electron chi connectivity index (χ4n) is 1.18. The van der Waals surface area contributed by atoms with Gasteiger partial charge in [-0.25, -0.2) is 17.6 Å². The first-order valence-electron chi connectivity index (χ1n) is 4.11. The van der Waals surface area contributed by atoms with E-state index in [2.05, 4.69) is 0 Å². The predicted molar refractivity (Wildman–Crippen MR) is 49.8 cm³/mol. The molecule has 1 rings (SSSR count). The summed E-state index contributed by atoms with van der Waals surface area (Å²) in [5, 5.41) is 0. The molecule has 0 radical (unpaired) electrons. The lowest BCUT2D eigenvalue weighted by atomic mass is 10.2. The van der Waals surface area contributed by atoms with E-state index < -0.39 is 59.8 Å². The first-order chi connectivity index (χ1) is 8.36. The number of hydrogen-bond acceptors (Lipinski definition) is 4. The van der Waals surface area contributed by atoms with Crippen LogP contribution in [0.5, 0.6) is 0 Å². The number of rotatable bonds is 3. The van der Waals surface area contributed by atoms with Crippen molar-refractivity contribution >= 4 is 20.3 Å². The van der Waals surface area contributed by atoms with Gasteiger partial charge in [-0.3, -0.25) is 4.55 Å². The van der Waals surface area contributed by atoms with Crippen LogP contribution >= 0.6 is 0 Å². The van der Waals surface area contributed by atoms with E-state index in [-0.39, 0.29) is 0 Å². The molecule has 0 saturated carbocycles. The zero-order valence-corrected chi connectivity index (χ0v) is 10.1. The first-order valence-corrected chi connectivity index (χ1v) is 7.10. The van der Waals surface area contributed by atoms with Gasteiger partial charge in [0.25, 0.3) is 0 Å². The summed E-state index contributed by atoms with van der Waals surface area (Å²) < 4.78 is 115. The quantitative estimate of drug-likeness (QED) is 0.391. The first kappa shape index (κ1) is 15.8. The van der Waals surface area contributed by atoms with Gasteiger partial charge >= 0.3 is 20.3 Å². The summed E-state index contributed by atoms with van der Waals surface area (Å²) in [5.41, 5.74) is -1.86. The Morgan fingerprint density at radius 3 is 1.47 bits per heavy atom. The second kappa shape index (κ2) is 4.68. The maximum atomic E-state index is 13.2. The molecule has 108 valence electrons. The maximum Gasteiger partial charge on any atom is 0.306 e. The van der Waals surface area contributed by atoms with E-state index in [4.69, 9.17) is 4.55 Å². The minimum absolute atomic E-state index is 1.86. The molecule has 0 heterocycles. The molecule has 0 aliphatic carbocycles. The third-order valence-electron chi connectivity index (χ3n) is 1.89. The van der Waals surface area contributed by atoms with Crippen LogP contribution in [0.4, 0.5) is 21.4 Å². The van der Waals surface area contributed by atoms with Gasteiger partial charge in [0, 0.05) is 5.56 Å². The maximum absolute atomic E-state index is 13.2. The highest BCUT2D eigenvalue weighted by atomic mass is 32.3. The van der Waals surface area contributed by atoms with Crippen LogP contribution in [0.25, 0.3) is 0 Å². The Labute approximate surface area is 103 Å². The number of hydrogen-bond donors (Lipinski definition) is 1. The van der Waals surface area contributed by atoms with Crippen molar-refractivity contribution in [1.82, 2.24) is 0 Å². The summed E-state index contributed by atoms with van der Waals surface area (Å²) in [6, 6.07) is 0. The Morgan fingerprint density at radius 2 is 1.21 bits per heavy atom. The van der Waals surface area contributed by atoms with Crippen LogP contribution in [-0.4, -0.2) is 21.4 Å². The average Bonchev–Trinajstić information content (AvgIpc) is 2.18. The van der Waals surface area contributed by atoms with Crippen molar-refractivity contribution in [3.05, 3.63) is 28.8 Å². The van der Waals surface area contributed by atoms with Crippen LogP contribution < -0.4 is 0 Å². The molecule has 0 bridgehead atoms. The van der Waals surface area contributed by atoms with Crippen molar-refractivity contribution in [3.8, 4) is 0 Å². The molecule has 0 spiro atoms. The highest BCUT2D eigenvalue weighted by Crippen LogP contribution is 2.28. The Morgan fingerprint density at radius 1 is 0.842 bits per heavy atom. The lowest BCUT2D eigenvalue weighted by Crippen LogP contribution is -2.14. The average molecular weight is 326 g/mol. The van der Waals surface area contributed by atoms with Crippen LogP contribution in [0.15, 0.2) is 4.90 Å². The van der Waals surface area contributed by atoms with Gasteiger partial charge in [0.05, 0.1) is 0 Å². The molecule has 0 unspecified atom stereocenters. The molecule has 0 fully saturated rings.